The van der Waals surface area contributed by atoms with Gasteiger partial charge < -0.3 is 10.0 Å². The summed E-state index contributed by atoms with van der Waals surface area (Å²) in [4.78, 5) is 34.4. The normalized spacial score (nSPS) is 21.0. The highest BCUT2D eigenvalue weighted by Gasteiger charge is 2.39. The Balaban J connectivity index is 2.75. The van der Waals surface area contributed by atoms with Crippen LogP contribution in [-0.4, -0.2) is 40.5 Å². The maximum Gasteiger partial charge on any atom is 0.324 e. The monoisotopic (exact) mass is 214 g/mol. The number of carboxylic acid groups (broad SMARTS) is 1. The first-order chi connectivity index (χ1) is 6.91. The number of nitrogens with one attached hydrogen (secondary N) is 1. The van der Waals surface area contributed by atoms with E-state index < -0.39 is 23.9 Å². The van der Waals surface area contributed by atoms with Crippen LogP contribution in [0, 0.1) is 5.92 Å². The van der Waals surface area contributed by atoms with Crippen molar-refractivity contribution in [3.8, 4) is 0 Å². The summed E-state index contributed by atoms with van der Waals surface area (Å²) >= 11 is 0. The third-order valence-electron chi connectivity index (χ3n) is 2.10. The van der Waals surface area contributed by atoms with Crippen molar-refractivity contribution in [2.75, 3.05) is 6.54 Å². The second kappa shape index (κ2) is 4.29. The molecule has 1 aliphatic heterocycles. The van der Waals surface area contributed by atoms with Crippen LogP contribution in [0.25, 0.3) is 0 Å². The number of carbonyl (C=O) groups excluding carboxylic acids is 2. The van der Waals surface area contributed by atoms with E-state index in [9.17, 15) is 14.4 Å². The molecule has 0 aromatic heterocycles. The minimum atomic E-state index is -1.08. The largest absolute Gasteiger partial charge is 0.481 e. The Morgan fingerprint density at radius 3 is 2.60 bits per heavy atom. The lowest BCUT2D eigenvalue weighted by molar-refractivity contribution is -0.140. The topological polar surface area (TPSA) is 86.7 Å². The van der Waals surface area contributed by atoms with Gasteiger partial charge in [0.2, 0.25) is 0 Å². The Kier molecular flexibility index (Phi) is 3.28. The molecular weight excluding hydrogens is 200 g/mol. The first kappa shape index (κ1) is 11.5. The molecule has 0 aliphatic carbocycles. The van der Waals surface area contributed by atoms with Crippen molar-refractivity contribution >= 4 is 17.9 Å². The highest BCUT2D eigenvalue weighted by molar-refractivity contribution is 6.05. The minimum absolute atomic E-state index is 0.193. The van der Waals surface area contributed by atoms with Crippen molar-refractivity contribution in [3.63, 3.8) is 0 Å². The van der Waals surface area contributed by atoms with Gasteiger partial charge in [-0.1, -0.05) is 13.8 Å². The van der Waals surface area contributed by atoms with E-state index in [0.717, 1.165) is 0 Å². The van der Waals surface area contributed by atoms with Gasteiger partial charge in [-0.3, -0.25) is 14.9 Å². The molecule has 1 aliphatic rings. The molecule has 0 aromatic rings. The Morgan fingerprint density at radius 2 is 2.13 bits per heavy atom. The fourth-order valence-corrected chi connectivity index (χ4v) is 1.52. The first-order valence-corrected chi connectivity index (χ1v) is 4.75. The molecule has 15 heavy (non-hydrogen) atoms. The Bertz CT molecular complexity index is 300. The molecule has 1 fully saturated rings. The SMILES string of the molecule is CC(C)CN1C(=O)NC(=O)[C@@H]1CC(=O)O. The molecule has 0 bridgehead atoms. The quantitative estimate of drug-likeness (QED) is 0.647. The number of carbonyl (C=O) groups is 3. The van der Waals surface area contributed by atoms with Crippen LogP contribution in [-0.2, 0) is 9.59 Å². The Hall–Kier alpha value is -1.59. The van der Waals surface area contributed by atoms with E-state index in [-0.39, 0.29) is 12.3 Å². The first-order valence-electron chi connectivity index (χ1n) is 4.75. The number of rotatable bonds is 4. The van der Waals surface area contributed by atoms with E-state index in [2.05, 4.69) is 5.32 Å². The fraction of sp³-hybridized carbons (Fsp3) is 0.667. The van der Waals surface area contributed by atoms with Crippen molar-refractivity contribution in [2.24, 2.45) is 5.92 Å². The molecule has 0 unspecified atom stereocenters. The van der Waals surface area contributed by atoms with E-state index >= 15 is 0 Å². The molecule has 6 nitrogen and oxygen atoms in total. The van der Waals surface area contributed by atoms with Gasteiger partial charge in [0, 0.05) is 6.54 Å². The third-order valence-corrected chi connectivity index (χ3v) is 2.10. The summed E-state index contributed by atoms with van der Waals surface area (Å²) in [7, 11) is 0. The van der Waals surface area contributed by atoms with Crippen molar-refractivity contribution in [3.05, 3.63) is 0 Å². The summed E-state index contributed by atoms with van der Waals surface area (Å²) in [6.45, 7) is 4.18. The van der Waals surface area contributed by atoms with Gasteiger partial charge >= 0.3 is 12.0 Å². The maximum atomic E-state index is 11.3. The smallest absolute Gasteiger partial charge is 0.324 e. The number of nitrogens with zero attached hydrogens (tertiary/aromatic N) is 1. The van der Waals surface area contributed by atoms with Crippen molar-refractivity contribution < 1.29 is 19.5 Å². The molecule has 0 radical (unpaired) electrons. The Morgan fingerprint density at radius 1 is 1.53 bits per heavy atom. The molecule has 0 saturated carbocycles. The Labute approximate surface area is 87.2 Å². The van der Waals surface area contributed by atoms with Crippen molar-refractivity contribution in [1.82, 2.24) is 10.2 Å². The molecule has 84 valence electrons. The van der Waals surface area contributed by atoms with E-state index in [4.69, 9.17) is 5.11 Å². The predicted molar refractivity (Wildman–Crippen MR) is 51.1 cm³/mol. The standard InChI is InChI=1S/C9H14N2O4/c1-5(2)4-11-6(3-7(12)13)8(14)10-9(11)15/h5-6H,3-4H2,1-2H3,(H,12,13)(H,10,14,15)/t6-/m0/s1. The van der Waals surface area contributed by atoms with E-state index in [1.807, 2.05) is 13.8 Å². The number of carboxylic acids is 1. The van der Waals surface area contributed by atoms with Gasteiger partial charge in [0.1, 0.15) is 6.04 Å². The lowest BCUT2D eigenvalue weighted by Gasteiger charge is -2.22. The van der Waals surface area contributed by atoms with Crippen LogP contribution < -0.4 is 5.32 Å². The van der Waals surface area contributed by atoms with Crippen LogP contribution in [0.4, 0.5) is 4.79 Å². The molecule has 1 rings (SSSR count). The number of hydrogen-bond acceptors (Lipinski definition) is 3. The second-order valence-electron chi connectivity index (χ2n) is 3.95. The molecule has 1 atom stereocenters. The molecule has 1 saturated heterocycles. The fourth-order valence-electron chi connectivity index (χ4n) is 1.52. The summed E-state index contributed by atoms with van der Waals surface area (Å²) in [5.41, 5.74) is 0. The number of urea groups is 1. The lowest BCUT2D eigenvalue weighted by Crippen LogP contribution is -2.39. The maximum absolute atomic E-state index is 11.3. The van der Waals surface area contributed by atoms with Crippen LogP contribution in [0.15, 0.2) is 0 Å². The molecule has 0 aromatic carbocycles. The zero-order chi connectivity index (χ0) is 11.6. The molecule has 3 amide bonds. The van der Waals surface area contributed by atoms with Crippen molar-refractivity contribution in [1.29, 1.82) is 0 Å². The third kappa shape index (κ3) is 2.68. The zero-order valence-electron chi connectivity index (χ0n) is 8.69. The van der Waals surface area contributed by atoms with Gasteiger partial charge in [0.25, 0.3) is 5.91 Å². The van der Waals surface area contributed by atoms with Gasteiger partial charge in [0.15, 0.2) is 0 Å². The summed E-state index contributed by atoms with van der Waals surface area (Å²) in [6.07, 6.45) is -0.343. The van der Waals surface area contributed by atoms with Crippen LogP contribution in [0.5, 0.6) is 0 Å². The molecule has 2 N–H and O–H groups in total. The van der Waals surface area contributed by atoms with E-state index in [1.165, 1.54) is 4.90 Å². The number of hydrogen-bond donors (Lipinski definition) is 2. The number of aliphatic carboxylic acids is 1. The summed E-state index contributed by atoms with van der Waals surface area (Å²) in [5.74, 6) is -1.42. The zero-order valence-corrected chi connectivity index (χ0v) is 8.69. The molecule has 6 heteroatoms. The summed E-state index contributed by atoms with van der Waals surface area (Å²) in [5, 5.41) is 10.7. The number of imide groups is 1. The molecule has 0 spiro atoms. The lowest BCUT2D eigenvalue weighted by atomic mass is 10.1. The van der Waals surface area contributed by atoms with Gasteiger partial charge in [0.05, 0.1) is 6.42 Å². The van der Waals surface area contributed by atoms with Gasteiger partial charge in [-0.25, -0.2) is 4.79 Å². The van der Waals surface area contributed by atoms with E-state index in [0.29, 0.717) is 6.54 Å². The minimum Gasteiger partial charge on any atom is -0.481 e. The van der Waals surface area contributed by atoms with Crippen LogP contribution in [0.2, 0.25) is 0 Å². The molecular formula is C9H14N2O4. The predicted octanol–water partition coefficient (Wildman–Crippen LogP) is 0.0375. The van der Waals surface area contributed by atoms with E-state index in [1.54, 1.807) is 0 Å². The van der Waals surface area contributed by atoms with Crippen LogP contribution >= 0.6 is 0 Å². The summed E-state index contributed by atoms with van der Waals surface area (Å²) < 4.78 is 0. The van der Waals surface area contributed by atoms with Crippen LogP contribution in [0.1, 0.15) is 20.3 Å². The average molecular weight is 214 g/mol. The highest BCUT2D eigenvalue weighted by atomic mass is 16.4. The molecule has 1 heterocycles. The highest BCUT2D eigenvalue weighted by Crippen LogP contribution is 2.14. The van der Waals surface area contributed by atoms with Crippen LogP contribution in [0.3, 0.4) is 0 Å². The van der Waals surface area contributed by atoms with Gasteiger partial charge in [-0.15, -0.1) is 0 Å². The van der Waals surface area contributed by atoms with Gasteiger partial charge in [-0.05, 0) is 5.92 Å². The number of amides is 3. The van der Waals surface area contributed by atoms with Gasteiger partial charge in [-0.2, -0.15) is 0 Å². The van der Waals surface area contributed by atoms with Crippen molar-refractivity contribution in [2.45, 2.75) is 26.3 Å². The summed E-state index contributed by atoms with van der Waals surface area (Å²) in [6, 6.07) is -1.36. The second-order valence-corrected chi connectivity index (χ2v) is 3.95. The average Bonchev–Trinajstić information content (AvgIpc) is 2.30.